The fourth-order valence-electron chi connectivity index (χ4n) is 1.69. The van der Waals surface area contributed by atoms with Gasteiger partial charge < -0.3 is 15.0 Å². The van der Waals surface area contributed by atoms with Crippen molar-refractivity contribution in [2.24, 2.45) is 0 Å². The number of anilines is 1. The number of hydrogen-bond donors (Lipinski definition) is 1. The van der Waals surface area contributed by atoms with Crippen LogP contribution in [-0.4, -0.2) is 49.1 Å². The quantitative estimate of drug-likeness (QED) is 0.800. The highest BCUT2D eigenvalue weighted by molar-refractivity contribution is 5.99. The minimum absolute atomic E-state index is 0.00731. The molecule has 100 valence electrons. The molecule has 0 atom stereocenters. The van der Waals surface area contributed by atoms with Gasteiger partial charge in [0.15, 0.2) is 0 Å². The fourth-order valence-corrected chi connectivity index (χ4v) is 1.69. The molecule has 0 saturated heterocycles. The molecule has 0 fully saturated rings. The van der Waals surface area contributed by atoms with Crippen LogP contribution < -0.4 is 5.32 Å². The third-order valence-electron chi connectivity index (χ3n) is 2.65. The standard InChI is InChI=1S/C13H21N3O2/c1-4-15-12-10-14-7-6-11(12)13(17)16(5-2)8-9-18-3/h6-7,10,15H,4-5,8-9H2,1-3H3. The van der Waals surface area contributed by atoms with Gasteiger partial charge >= 0.3 is 0 Å². The minimum atomic E-state index is 0.00731. The summed E-state index contributed by atoms with van der Waals surface area (Å²) < 4.78 is 5.02. The summed E-state index contributed by atoms with van der Waals surface area (Å²) in [5.74, 6) is 0.00731. The number of nitrogens with zero attached hydrogens (tertiary/aromatic N) is 2. The first kappa shape index (κ1) is 14.4. The van der Waals surface area contributed by atoms with E-state index in [-0.39, 0.29) is 5.91 Å². The van der Waals surface area contributed by atoms with Gasteiger partial charge in [0.25, 0.3) is 5.91 Å². The molecule has 1 aromatic heterocycles. The lowest BCUT2D eigenvalue weighted by Crippen LogP contribution is -2.34. The lowest BCUT2D eigenvalue weighted by molar-refractivity contribution is 0.0707. The molecule has 0 aliphatic carbocycles. The molecular formula is C13H21N3O2. The highest BCUT2D eigenvalue weighted by Crippen LogP contribution is 2.15. The summed E-state index contributed by atoms with van der Waals surface area (Å²) >= 11 is 0. The predicted octanol–water partition coefficient (Wildman–Crippen LogP) is 1.62. The number of carbonyl (C=O) groups is 1. The molecule has 5 heteroatoms. The maximum atomic E-state index is 12.4. The van der Waals surface area contributed by atoms with E-state index in [1.807, 2.05) is 13.8 Å². The highest BCUT2D eigenvalue weighted by Gasteiger charge is 2.17. The zero-order valence-corrected chi connectivity index (χ0v) is 11.3. The van der Waals surface area contributed by atoms with Crippen molar-refractivity contribution < 1.29 is 9.53 Å². The number of ether oxygens (including phenoxy) is 1. The number of likely N-dealkylation sites (N-methyl/N-ethyl adjacent to an activating group) is 1. The number of amides is 1. The molecule has 0 radical (unpaired) electrons. The Hall–Kier alpha value is -1.62. The molecule has 0 bridgehead atoms. The van der Waals surface area contributed by atoms with Gasteiger partial charge in [0.2, 0.25) is 0 Å². The molecule has 5 nitrogen and oxygen atoms in total. The van der Waals surface area contributed by atoms with E-state index in [4.69, 9.17) is 4.74 Å². The maximum absolute atomic E-state index is 12.4. The van der Waals surface area contributed by atoms with Gasteiger partial charge in [-0.2, -0.15) is 0 Å². The van der Waals surface area contributed by atoms with Crippen molar-refractivity contribution >= 4 is 11.6 Å². The second-order valence-corrected chi connectivity index (χ2v) is 3.83. The Bertz CT molecular complexity index is 382. The lowest BCUT2D eigenvalue weighted by atomic mass is 10.2. The first-order valence-electron chi connectivity index (χ1n) is 6.20. The summed E-state index contributed by atoms with van der Waals surface area (Å²) in [7, 11) is 1.63. The molecule has 1 amide bonds. The Morgan fingerprint density at radius 3 is 2.89 bits per heavy atom. The molecule has 0 aromatic carbocycles. The molecule has 1 heterocycles. The van der Waals surface area contributed by atoms with Crippen LogP contribution in [0.15, 0.2) is 18.5 Å². The molecule has 0 saturated carbocycles. The molecule has 18 heavy (non-hydrogen) atoms. The first-order chi connectivity index (χ1) is 8.74. The average molecular weight is 251 g/mol. The summed E-state index contributed by atoms with van der Waals surface area (Å²) in [6, 6.07) is 1.75. The van der Waals surface area contributed by atoms with Gasteiger partial charge in [0.1, 0.15) is 0 Å². The second-order valence-electron chi connectivity index (χ2n) is 3.83. The van der Waals surface area contributed by atoms with Gasteiger partial charge in [-0.15, -0.1) is 0 Å². The van der Waals surface area contributed by atoms with Crippen LogP contribution >= 0.6 is 0 Å². The topological polar surface area (TPSA) is 54.5 Å². The van der Waals surface area contributed by atoms with Crippen molar-refractivity contribution in [3.05, 3.63) is 24.0 Å². The van der Waals surface area contributed by atoms with E-state index >= 15 is 0 Å². The van der Waals surface area contributed by atoms with Gasteiger partial charge in [0, 0.05) is 32.9 Å². The van der Waals surface area contributed by atoms with Crippen LogP contribution in [0, 0.1) is 0 Å². The van der Waals surface area contributed by atoms with Crippen LogP contribution in [-0.2, 0) is 4.74 Å². The van der Waals surface area contributed by atoms with Crippen LogP contribution in [0.25, 0.3) is 0 Å². The Morgan fingerprint density at radius 2 is 2.28 bits per heavy atom. The second kappa shape index (κ2) is 7.66. The Morgan fingerprint density at radius 1 is 1.50 bits per heavy atom. The van der Waals surface area contributed by atoms with Crippen molar-refractivity contribution in [2.75, 3.05) is 38.7 Å². The third kappa shape index (κ3) is 3.70. The average Bonchev–Trinajstić information content (AvgIpc) is 2.40. The molecule has 0 aliphatic rings. The lowest BCUT2D eigenvalue weighted by Gasteiger charge is -2.21. The molecule has 0 aliphatic heterocycles. The van der Waals surface area contributed by atoms with E-state index < -0.39 is 0 Å². The predicted molar refractivity (Wildman–Crippen MR) is 71.9 cm³/mol. The molecule has 0 spiro atoms. The number of rotatable bonds is 7. The number of carbonyl (C=O) groups excluding carboxylic acids is 1. The number of nitrogens with one attached hydrogen (secondary N) is 1. The van der Waals surface area contributed by atoms with Crippen molar-refractivity contribution in [1.82, 2.24) is 9.88 Å². The number of aromatic nitrogens is 1. The van der Waals surface area contributed by atoms with Crippen molar-refractivity contribution in [3.8, 4) is 0 Å². The van der Waals surface area contributed by atoms with Crippen LogP contribution in [0.2, 0.25) is 0 Å². The molecule has 0 unspecified atom stereocenters. The number of pyridine rings is 1. The minimum Gasteiger partial charge on any atom is -0.383 e. The van der Waals surface area contributed by atoms with Gasteiger partial charge in [-0.3, -0.25) is 9.78 Å². The Balaban J connectivity index is 2.86. The highest BCUT2D eigenvalue weighted by atomic mass is 16.5. The van der Waals surface area contributed by atoms with E-state index in [1.54, 1.807) is 30.5 Å². The summed E-state index contributed by atoms with van der Waals surface area (Å²) in [6.45, 7) is 6.51. The summed E-state index contributed by atoms with van der Waals surface area (Å²) in [6.07, 6.45) is 3.32. The smallest absolute Gasteiger partial charge is 0.256 e. The van der Waals surface area contributed by atoms with E-state index in [0.29, 0.717) is 25.3 Å². The van der Waals surface area contributed by atoms with Crippen LogP contribution in [0.5, 0.6) is 0 Å². The monoisotopic (exact) mass is 251 g/mol. The molecule has 1 N–H and O–H groups in total. The van der Waals surface area contributed by atoms with Gasteiger partial charge in [0.05, 0.1) is 24.1 Å². The number of methoxy groups -OCH3 is 1. The van der Waals surface area contributed by atoms with Crippen LogP contribution in [0.4, 0.5) is 5.69 Å². The molecule has 1 rings (SSSR count). The van der Waals surface area contributed by atoms with Gasteiger partial charge in [-0.1, -0.05) is 0 Å². The van der Waals surface area contributed by atoms with E-state index in [0.717, 1.165) is 12.2 Å². The zero-order chi connectivity index (χ0) is 13.4. The van der Waals surface area contributed by atoms with E-state index in [9.17, 15) is 4.79 Å². The Labute approximate surface area is 108 Å². The summed E-state index contributed by atoms with van der Waals surface area (Å²) in [5, 5.41) is 3.15. The van der Waals surface area contributed by atoms with Crippen molar-refractivity contribution in [2.45, 2.75) is 13.8 Å². The van der Waals surface area contributed by atoms with Crippen LogP contribution in [0.1, 0.15) is 24.2 Å². The van der Waals surface area contributed by atoms with Crippen molar-refractivity contribution in [1.29, 1.82) is 0 Å². The fraction of sp³-hybridized carbons (Fsp3) is 0.538. The van der Waals surface area contributed by atoms with Gasteiger partial charge in [-0.25, -0.2) is 0 Å². The van der Waals surface area contributed by atoms with E-state index in [1.165, 1.54) is 0 Å². The molecule has 1 aromatic rings. The maximum Gasteiger partial charge on any atom is 0.256 e. The summed E-state index contributed by atoms with van der Waals surface area (Å²) in [5.41, 5.74) is 1.44. The Kier molecular flexibility index (Phi) is 6.14. The molecular weight excluding hydrogens is 230 g/mol. The normalized spacial score (nSPS) is 10.2. The number of hydrogen-bond acceptors (Lipinski definition) is 4. The van der Waals surface area contributed by atoms with Crippen LogP contribution in [0.3, 0.4) is 0 Å². The summed E-state index contributed by atoms with van der Waals surface area (Å²) in [4.78, 5) is 18.2. The van der Waals surface area contributed by atoms with Crippen molar-refractivity contribution in [3.63, 3.8) is 0 Å². The zero-order valence-electron chi connectivity index (χ0n) is 11.3. The third-order valence-corrected chi connectivity index (χ3v) is 2.65. The van der Waals surface area contributed by atoms with E-state index in [2.05, 4.69) is 10.3 Å². The SMILES string of the molecule is CCNc1cnccc1C(=O)N(CC)CCOC. The largest absolute Gasteiger partial charge is 0.383 e. The van der Waals surface area contributed by atoms with Gasteiger partial charge in [-0.05, 0) is 19.9 Å². The first-order valence-corrected chi connectivity index (χ1v) is 6.20.